The second kappa shape index (κ2) is 5.76. The van der Waals surface area contributed by atoms with Crippen LogP contribution in [-0.4, -0.2) is 12.6 Å². The number of carbonyl (C=O) groups excluding carboxylic acids is 1. The number of nitrogens with zero attached hydrogens (tertiary/aromatic N) is 1. The zero-order chi connectivity index (χ0) is 12.0. The van der Waals surface area contributed by atoms with Gasteiger partial charge in [0.2, 0.25) is 0 Å². The Kier molecular flexibility index (Phi) is 4.34. The van der Waals surface area contributed by atoms with E-state index in [1.807, 2.05) is 13.0 Å². The lowest BCUT2D eigenvalue weighted by Gasteiger charge is -2.05. The van der Waals surface area contributed by atoms with Gasteiger partial charge in [-0.1, -0.05) is 0 Å². The molecule has 16 heavy (non-hydrogen) atoms. The molecule has 84 valence electrons. The predicted octanol–water partition coefficient (Wildman–Crippen LogP) is 2.04. The number of nitriles is 1. The molecule has 0 saturated carbocycles. The van der Waals surface area contributed by atoms with Gasteiger partial charge in [-0.25, -0.2) is 4.79 Å². The first-order chi connectivity index (χ1) is 7.65. The molecule has 0 amide bonds. The molecule has 1 aromatic carbocycles. The van der Waals surface area contributed by atoms with Crippen molar-refractivity contribution in [3.63, 3.8) is 0 Å². The van der Waals surface area contributed by atoms with E-state index in [9.17, 15) is 4.79 Å². The molecule has 0 radical (unpaired) electrons. The Hall–Kier alpha value is -2.02. The fourth-order valence-electron chi connectivity index (χ4n) is 1.20. The number of esters is 1. The third-order valence-electron chi connectivity index (χ3n) is 2.17. The summed E-state index contributed by atoms with van der Waals surface area (Å²) in [6.45, 7) is 2.11. The molecule has 0 aliphatic heterocycles. The summed E-state index contributed by atoms with van der Waals surface area (Å²) in [5, 5.41) is 8.31. The van der Waals surface area contributed by atoms with Gasteiger partial charge in [-0.2, -0.15) is 5.26 Å². The number of nitrogens with two attached hydrogens (primary N) is 1. The average molecular weight is 218 g/mol. The largest absolute Gasteiger partial charge is 0.462 e. The van der Waals surface area contributed by atoms with Crippen LogP contribution in [0.2, 0.25) is 0 Å². The number of hydrogen-bond donors (Lipinski definition) is 1. The maximum atomic E-state index is 11.5. The summed E-state index contributed by atoms with van der Waals surface area (Å²) in [4.78, 5) is 11.5. The van der Waals surface area contributed by atoms with Crippen LogP contribution in [0.4, 0.5) is 5.69 Å². The summed E-state index contributed by atoms with van der Waals surface area (Å²) in [7, 11) is 0. The highest BCUT2D eigenvalue weighted by atomic mass is 16.5. The summed E-state index contributed by atoms with van der Waals surface area (Å²) < 4.78 is 4.99. The molecule has 1 rings (SSSR count). The van der Waals surface area contributed by atoms with Gasteiger partial charge in [-0.15, -0.1) is 0 Å². The van der Waals surface area contributed by atoms with Crippen LogP contribution < -0.4 is 5.73 Å². The van der Waals surface area contributed by atoms with E-state index in [4.69, 9.17) is 15.7 Å². The zero-order valence-electron chi connectivity index (χ0n) is 9.19. The molecule has 0 atom stereocenters. The highest BCUT2D eigenvalue weighted by Gasteiger charge is 2.07. The van der Waals surface area contributed by atoms with Crippen molar-refractivity contribution in [2.24, 2.45) is 0 Å². The van der Waals surface area contributed by atoms with Crippen molar-refractivity contribution < 1.29 is 9.53 Å². The highest BCUT2D eigenvalue weighted by Crippen LogP contribution is 2.13. The second-order valence-corrected chi connectivity index (χ2v) is 3.47. The van der Waals surface area contributed by atoms with Crippen molar-refractivity contribution >= 4 is 11.7 Å². The molecule has 0 saturated heterocycles. The number of benzene rings is 1. The Balaban J connectivity index is 2.53. The minimum Gasteiger partial charge on any atom is -0.462 e. The molecule has 0 unspecified atom stereocenters. The average Bonchev–Trinajstić information content (AvgIpc) is 2.28. The van der Waals surface area contributed by atoms with Crippen molar-refractivity contribution in [3.8, 4) is 6.07 Å². The Morgan fingerprint density at radius 2 is 2.31 bits per heavy atom. The summed E-state index contributed by atoms with van der Waals surface area (Å²) in [6, 6.07) is 7.00. The first-order valence-corrected chi connectivity index (χ1v) is 5.05. The van der Waals surface area contributed by atoms with Crippen LogP contribution in [-0.2, 0) is 4.74 Å². The van der Waals surface area contributed by atoms with Crippen LogP contribution in [0.3, 0.4) is 0 Å². The molecule has 4 nitrogen and oxygen atoms in total. The molecule has 0 aromatic heterocycles. The smallest absolute Gasteiger partial charge is 0.338 e. The Morgan fingerprint density at radius 1 is 1.56 bits per heavy atom. The van der Waals surface area contributed by atoms with Gasteiger partial charge in [-0.3, -0.25) is 0 Å². The molecule has 0 spiro atoms. The van der Waals surface area contributed by atoms with Gasteiger partial charge in [0.05, 0.1) is 18.2 Å². The van der Waals surface area contributed by atoms with E-state index >= 15 is 0 Å². The molecule has 0 bridgehead atoms. The summed E-state index contributed by atoms with van der Waals surface area (Å²) in [5.74, 6) is -0.374. The number of carbonyl (C=O) groups is 1. The topological polar surface area (TPSA) is 76.1 Å². The lowest BCUT2D eigenvalue weighted by Crippen LogP contribution is -2.07. The van der Waals surface area contributed by atoms with Crippen molar-refractivity contribution in [3.05, 3.63) is 29.3 Å². The monoisotopic (exact) mass is 218 g/mol. The SMILES string of the molecule is Cc1cc(C(=O)OCCCC#N)ccc1N. The number of hydrogen-bond acceptors (Lipinski definition) is 4. The van der Waals surface area contributed by atoms with E-state index in [0.717, 1.165) is 5.56 Å². The highest BCUT2D eigenvalue weighted by molar-refractivity contribution is 5.90. The molecule has 2 N–H and O–H groups in total. The van der Waals surface area contributed by atoms with E-state index in [1.165, 1.54) is 0 Å². The van der Waals surface area contributed by atoms with Crippen molar-refractivity contribution in [1.29, 1.82) is 5.26 Å². The van der Waals surface area contributed by atoms with E-state index in [1.54, 1.807) is 18.2 Å². The maximum Gasteiger partial charge on any atom is 0.338 e. The lowest BCUT2D eigenvalue weighted by molar-refractivity contribution is 0.0501. The molecule has 0 fully saturated rings. The number of aryl methyl sites for hydroxylation is 1. The minimum absolute atomic E-state index is 0.274. The number of unbranched alkanes of at least 4 members (excludes halogenated alkanes) is 1. The first-order valence-electron chi connectivity index (χ1n) is 5.05. The Labute approximate surface area is 94.6 Å². The van der Waals surface area contributed by atoms with Crippen molar-refractivity contribution in [2.45, 2.75) is 19.8 Å². The van der Waals surface area contributed by atoms with Gasteiger partial charge in [0.15, 0.2) is 0 Å². The number of nitrogen functional groups attached to an aromatic ring is 1. The third-order valence-corrected chi connectivity index (χ3v) is 2.17. The molecular weight excluding hydrogens is 204 g/mol. The maximum absolute atomic E-state index is 11.5. The minimum atomic E-state index is -0.374. The summed E-state index contributed by atoms with van der Waals surface area (Å²) in [6.07, 6.45) is 0.963. The second-order valence-electron chi connectivity index (χ2n) is 3.47. The van der Waals surface area contributed by atoms with Crippen LogP contribution in [0.5, 0.6) is 0 Å². The summed E-state index contributed by atoms with van der Waals surface area (Å²) in [5.41, 5.74) is 7.64. The van der Waals surface area contributed by atoms with Crippen molar-refractivity contribution in [1.82, 2.24) is 0 Å². The molecule has 1 aromatic rings. The van der Waals surface area contributed by atoms with Gasteiger partial charge in [0.25, 0.3) is 0 Å². The summed E-state index contributed by atoms with van der Waals surface area (Å²) >= 11 is 0. The van der Waals surface area contributed by atoms with Gasteiger partial charge >= 0.3 is 5.97 Å². The van der Waals surface area contributed by atoms with Crippen LogP contribution in [0.15, 0.2) is 18.2 Å². The fraction of sp³-hybridized carbons (Fsp3) is 0.333. The predicted molar refractivity (Wildman–Crippen MR) is 60.7 cm³/mol. The van der Waals surface area contributed by atoms with E-state index in [-0.39, 0.29) is 12.6 Å². The molecule has 4 heteroatoms. The molecular formula is C12H14N2O2. The number of ether oxygens (including phenoxy) is 1. The van der Waals surface area contributed by atoms with Gasteiger partial charge in [0.1, 0.15) is 0 Å². The Bertz CT molecular complexity index is 422. The van der Waals surface area contributed by atoms with Crippen LogP contribution in [0.25, 0.3) is 0 Å². The van der Waals surface area contributed by atoms with Crippen LogP contribution in [0, 0.1) is 18.3 Å². The Morgan fingerprint density at radius 3 is 2.94 bits per heavy atom. The van der Waals surface area contributed by atoms with E-state index in [0.29, 0.717) is 24.1 Å². The third kappa shape index (κ3) is 3.28. The zero-order valence-corrected chi connectivity index (χ0v) is 9.19. The van der Waals surface area contributed by atoms with Gasteiger partial charge in [0, 0.05) is 12.1 Å². The molecule has 0 heterocycles. The normalized spacial score (nSPS) is 9.50. The molecule has 0 aliphatic rings. The molecule has 0 aliphatic carbocycles. The quantitative estimate of drug-likeness (QED) is 0.476. The van der Waals surface area contributed by atoms with Crippen LogP contribution >= 0.6 is 0 Å². The standard InChI is InChI=1S/C12H14N2O2/c1-9-8-10(4-5-11(9)14)12(15)16-7-3-2-6-13/h4-5,8H,2-3,7,14H2,1H3. The van der Waals surface area contributed by atoms with Crippen molar-refractivity contribution in [2.75, 3.05) is 12.3 Å². The number of rotatable bonds is 4. The van der Waals surface area contributed by atoms with Crippen LogP contribution in [0.1, 0.15) is 28.8 Å². The first kappa shape index (κ1) is 12.1. The van der Waals surface area contributed by atoms with Gasteiger partial charge in [-0.05, 0) is 37.1 Å². The lowest BCUT2D eigenvalue weighted by atomic mass is 10.1. The fourth-order valence-corrected chi connectivity index (χ4v) is 1.20. The van der Waals surface area contributed by atoms with E-state index in [2.05, 4.69) is 0 Å². The number of anilines is 1. The van der Waals surface area contributed by atoms with E-state index < -0.39 is 0 Å². The van der Waals surface area contributed by atoms with Gasteiger partial charge < -0.3 is 10.5 Å².